The van der Waals surface area contributed by atoms with Gasteiger partial charge >= 0.3 is 12.1 Å². The maximum absolute atomic E-state index is 11.3. The molecule has 58 valence electrons. The smallest absolute Gasteiger partial charge is 0.427 e. The summed E-state index contributed by atoms with van der Waals surface area (Å²) in [5.74, 6) is -1.72. The Hall–Kier alpha value is -0.710. The van der Waals surface area contributed by atoms with E-state index in [0.717, 1.165) is 0 Å². The van der Waals surface area contributed by atoms with Gasteiger partial charge in [0.2, 0.25) is 0 Å². The summed E-state index contributed by atoms with van der Waals surface area (Å²) >= 11 is 4.51. The highest BCUT2D eigenvalue weighted by Gasteiger charge is 2.32. The Morgan fingerprint density at radius 3 is 2.00 bits per heavy atom. The monoisotopic (exact) mass is 174 g/mol. The molecule has 0 aromatic heterocycles. The molecular formula is C4H2ClF3O2. The average Bonchev–Trinajstić information content (AvgIpc) is 1.60. The molecule has 0 aromatic rings. The molecular weight excluding hydrogens is 172 g/mol. The fraction of sp³-hybridized carbons (Fsp3) is 0.250. The third kappa shape index (κ3) is 3.34. The van der Waals surface area contributed by atoms with Gasteiger partial charge in [-0.05, 0) is 0 Å². The highest BCUT2D eigenvalue weighted by Crippen LogP contribution is 2.27. The summed E-state index contributed by atoms with van der Waals surface area (Å²) < 4.78 is 34.0. The van der Waals surface area contributed by atoms with Crippen LogP contribution in [-0.2, 0) is 4.79 Å². The van der Waals surface area contributed by atoms with Crippen molar-refractivity contribution in [2.24, 2.45) is 0 Å². The van der Waals surface area contributed by atoms with Crippen LogP contribution in [0.4, 0.5) is 13.2 Å². The quantitative estimate of drug-likeness (QED) is 0.615. The van der Waals surface area contributed by atoms with Crippen LogP contribution < -0.4 is 0 Å². The van der Waals surface area contributed by atoms with Gasteiger partial charge in [0.05, 0.1) is 0 Å². The van der Waals surface area contributed by atoms with Crippen LogP contribution in [-0.4, -0.2) is 17.3 Å². The lowest BCUT2D eigenvalue weighted by Gasteiger charge is -2.01. The van der Waals surface area contributed by atoms with Crippen LogP contribution in [0.25, 0.3) is 0 Å². The van der Waals surface area contributed by atoms with Gasteiger partial charge in [-0.1, -0.05) is 11.6 Å². The zero-order chi connectivity index (χ0) is 8.36. The second kappa shape index (κ2) is 2.92. The summed E-state index contributed by atoms with van der Waals surface area (Å²) in [7, 11) is 0. The van der Waals surface area contributed by atoms with E-state index in [-0.39, 0.29) is 6.08 Å². The molecule has 0 amide bonds. The van der Waals surface area contributed by atoms with Crippen molar-refractivity contribution in [1.29, 1.82) is 0 Å². The number of halogens is 4. The zero-order valence-electron chi connectivity index (χ0n) is 4.44. The van der Waals surface area contributed by atoms with Crippen molar-refractivity contribution >= 4 is 17.6 Å². The average molecular weight is 175 g/mol. The van der Waals surface area contributed by atoms with Gasteiger partial charge in [0.25, 0.3) is 0 Å². The van der Waals surface area contributed by atoms with Gasteiger partial charge in [-0.3, -0.25) is 0 Å². The largest absolute Gasteiger partial charge is 0.478 e. The van der Waals surface area contributed by atoms with Crippen molar-refractivity contribution in [3.8, 4) is 0 Å². The first-order chi connectivity index (χ1) is 4.34. The predicted octanol–water partition coefficient (Wildman–Crippen LogP) is 1.76. The van der Waals surface area contributed by atoms with Crippen molar-refractivity contribution < 1.29 is 23.1 Å². The summed E-state index contributed by atoms with van der Waals surface area (Å²) in [6.45, 7) is 0. The zero-order valence-corrected chi connectivity index (χ0v) is 5.20. The lowest BCUT2D eigenvalue weighted by atomic mass is 10.5. The number of allylic oxidation sites excluding steroid dienone is 1. The van der Waals surface area contributed by atoms with Crippen LogP contribution in [0.1, 0.15) is 0 Å². The number of aliphatic carboxylic acids is 1. The Kier molecular flexibility index (Phi) is 2.71. The Morgan fingerprint density at radius 2 is 1.90 bits per heavy atom. The third-order valence-corrected chi connectivity index (χ3v) is 0.844. The van der Waals surface area contributed by atoms with Crippen LogP contribution in [0, 0.1) is 0 Å². The molecule has 0 rings (SSSR count). The number of carboxylic acid groups (broad SMARTS) is 1. The van der Waals surface area contributed by atoms with Crippen LogP contribution in [0.3, 0.4) is 0 Å². The SMILES string of the molecule is O=C(O)/C=C(/Cl)C(F)(F)F. The Bertz CT molecular complexity index is 172. The van der Waals surface area contributed by atoms with Crippen molar-refractivity contribution in [2.45, 2.75) is 6.18 Å². The van der Waals surface area contributed by atoms with Gasteiger partial charge in [0.1, 0.15) is 5.03 Å². The van der Waals surface area contributed by atoms with Gasteiger partial charge in [-0.15, -0.1) is 0 Å². The Morgan fingerprint density at radius 1 is 1.50 bits per heavy atom. The van der Waals surface area contributed by atoms with Crippen molar-refractivity contribution in [1.82, 2.24) is 0 Å². The molecule has 0 aliphatic heterocycles. The van der Waals surface area contributed by atoms with Gasteiger partial charge in [0.15, 0.2) is 0 Å². The second-order valence-corrected chi connectivity index (χ2v) is 1.74. The molecule has 0 spiro atoms. The number of rotatable bonds is 1. The van der Waals surface area contributed by atoms with Crippen molar-refractivity contribution in [3.05, 3.63) is 11.1 Å². The first-order valence-corrected chi connectivity index (χ1v) is 2.39. The van der Waals surface area contributed by atoms with E-state index in [2.05, 4.69) is 11.6 Å². The van der Waals surface area contributed by atoms with Crippen LogP contribution >= 0.6 is 11.6 Å². The molecule has 0 bridgehead atoms. The molecule has 2 nitrogen and oxygen atoms in total. The molecule has 6 heteroatoms. The normalized spacial score (nSPS) is 13.4. The summed E-state index contributed by atoms with van der Waals surface area (Å²) in [5, 5.41) is 6.15. The third-order valence-electron chi connectivity index (χ3n) is 0.521. The lowest BCUT2D eigenvalue weighted by Crippen LogP contribution is -2.08. The van der Waals surface area contributed by atoms with Crippen LogP contribution in [0.5, 0.6) is 0 Å². The number of hydrogen-bond acceptors (Lipinski definition) is 1. The number of carboxylic acids is 1. The molecule has 0 fully saturated rings. The molecule has 0 radical (unpaired) electrons. The Labute approximate surface area is 58.9 Å². The number of alkyl halides is 3. The molecule has 0 atom stereocenters. The highest BCUT2D eigenvalue weighted by molar-refractivity contribution is 6.31. The van der Waals surface area contributed by atoms with E-state index < -0.39 is 17.2 Å². The minimum Gasteiger partial charge on any atom is -0.478 e. The molecule has 0 aromatic carbocycles. The van der Waals surface area contributed by atoms with E-state index in [1.807, 2.05) is 0 Å². The number of hydrogen-bond donors (Lipinski definition) is 1. The summed E-state index contributed by atoms with van der Waals surface area (Å²) in [4.78, 5) is 9.60. The number of carbonyl (C=O) groups is 1. The van der Waals surface area contributed by atoms with Crippen molar-refractivity contribution in [2.75, 3.05) is 0 Å². The first-order valence-electron chi connectivity index (χ1n) is 2.01. The molecule has 0 unspecified atom stereocenters. The molecule has 0 aliphatic carbocycles. The molecule has 10 heavy (non-hydrogen) atoms. The summed E-state index contributed by atoms with van der Waals surface area (Å²) in [6.07, 6.45) is -4.87. The predicted molar refractivity (Wildman–Crippen MR) is 27.6 cm³/mol. The molecule has 0 heterocycles. The van der Waals surface area contributed by atoms with E-state index >= 15 is 0 Å². The fourth-order valence-corrected chi connectivity index (χ4v) is 0.284. The first kappa shape index (κ1) is 9.29. The van der Waals surface area contributed by atoms with E-state index in [0.29, 0.717) is 0 Å². The van der Waals surface area contributed by atoms with Gasteiger partial charge in [0, 0.05) is 6.08 Å². The van der Waals surface area contributed by atoms with E-state index in [4.69, 9.17) is 5.11 Å². The summed E-state index contributed by atoms with van der Waals surface area (Å²) in [6, 6.07) is 0. The topological polar surface area (TPSA) is 37.3 Å². The maximum atomic E-state index is 11.3. The maximum Gasteiger partial charge on any atom is 0.427 e. The fourth-order valence-electron chi connectivity index (χ4n) is 0.190. The molecule has 1 N–H and O–H groups in total. The molecule has 0 saturated heterocycles. The summed E-state index contributed by atoms with van der Waals surface area (Å²) in [5.41, 5.74) is 0. The lowest BCUT2D eigenvalue weighted by molar-refractivity contribution is -0.132. The standard InChI is InChI=1S/C4H2ClF3O2/c5-2(1-3(9)10)4(6,7)8/h1H,(H,9,10)/b2-1+. The highest BCUT2D eigenvalue weighted by atomic mass is 35.5. The van der Waals surface area contributed by atoms with Gasteiger partial charge in [-0.25, -0.2) is 4.79 Å². The minimum absolute atomic E-state index is 0.110. The minimum atomic E-state index is -4.76. The van der Waals surface area contributed by atoms with Gasteiger partial charge in [-0.2, -0.15) is 13.2 Å². The van der Waals surface area contributed by atoms with Crippen LogP contribution in [0.15, 0.2) is 11.1 Å². The van der Waals surface area contributed by atoms with E-state index in [9.17, 15) is 18.0 Å². The second-order valence-electron chi connectivity index (χ2n) is 1.33. The molecule has 0 saturated carbocycles. The van der Waals surface area contributed by atoms with Crippen molar-refractivity contribution in [3.63, 3.8) is 0 Å². The van der Waals surface area contributed by atoms with E-state index in [1.54, 1.807) is 0 Å². The van der Waals surface area contributed by atoms with Gasteiger partial charge < -0.3 is 5.11 Å². The Balaban J connectivity index is 4.35. The van der Waals surface area contributed by atoms with E-state index in [1.165, 1.54) is 0 Å². The van der Waals surface area contributed by atoms with Crippen LogP contribution in [0.2, 0.25) is 0 Å². The molecule has 0 aliphatic rings.